The normalized spacial score (nSPS) is 10.4. The second-order valence-corrected chi connectivity index (χ2v) is 5.12. The van der Waals surface area contributed by atoms with Crippen molar-refractivity contribution in [2.75, 3.05) is 7.11 Å². The van der Waals surface area contributed by atoms with Crippen molar-refractivity contribution in [3.63, 3.8) is 0 Å². The molecule has 0 aromatic heterocycles. The minimum atomic E-state index is -0.461. The van der Waals surface area contributed by atoms with Crippen molar-refractivity contribution in [3.8, 4) is 5.75 Å². The van der Waals surface area contributed by atoms with E-state index in [0.717, 1.165) is 10.6 Å². The van der Waals surface area contributed by atoms with Crippen molar-refractivity contribution < 1.29 is 9.13 Å². The molecule has 0 atom stereocenters. The molecule has 0 heterocycles. The van der Waals surface area contributed by atoms with Gasteiger partial charge in [-0.15, -0.1) is 11.8 Å². The average molecular weight is 283 g/mol. The lowest BCUT2D eigenvalue weighted by atomic mass is 10.2. The highest BCUT2D eigenvalue weighted by Crippen LogP contribution is 2.35. The molecule has 0 N–H and O–H groups in total. The van der Waals surface area contributed by atoms with E-state index in [4.69, 9.17) is 16.3 Å². The Labute approximate surface area is 115 Å². The Morgan fingerprint density at radius 3 is 2.61 bits per heavy atom. The molecule has 0 amide bonds. The summed E-state index contributed by atoms with van der Waals surface area (Å²) >= 11 is 7.35. The van der Waals surface area contributed by atoms with E-state index in [2.05, 4.69) is 0 Å². The predicted octanol–water partition coefficient (Wildman–Crippen LogP) is 4.78. The first-order valence-corrected chi connectivity index (χ1v) is 6.77. The summed E-state index contributed by atoms with van der Waals surface area (Å²) in [5.41, 5.74) is 1.20. The molecule has 4 heteroatoms. The van der Waals surface area contributed by atoms with Gasteiger partial charge in [0.2, 0.25) is 0 Å². The molecule has 18 heavy (non-hydrogen) atoms. The second kappa shape index (κ2) is 6.12. The van der Waals surface area contributed by atoms with Crippen LogP contribution in [0.1, 0.15) is 5.56 Å². The summed E-state index contributed by atoms with van der Waals surface area (Å²) in [7, 11) is 1.52. The molecule has 94 valence electrons. The third kappa shape index (κ3) is 3.18. The van der Waals surface area contributed by atoms with Crippen LogP contribution in [0.3, 0.4) is 0 Å². The van der Waals surface area contributed by atoms with Crippen LogP contribution in [-0.4, -0.2) is 7.11 Å². The van der Waals surface area contributed by atoms with Crippen LogP contribution < -0.4 is 4.74 Å². The Morgan fingerprint density at radius 1 is 1.22 bits per heavy atom. The number of rotatable bonds is 4. The number of hydrogen-bond donors (Lipinski definition) is 0. The number of methoxy groups -OCH3 is 1. The molecule has 0 aliphatic heterocycles. The van der Waals surface area contributed by atoms with Gasteiger partial charge in [-0.3, -0.25) is 0 Å². The van der Waals surface area contributed by atoms with Crippen molar-refractivity contribution in [2.24, 2.45) is 0 Å². The molecule has 0 aliphatic rings. The molecule has 0 saturated carbocycles. The fraction of sp³-hybridized carbons (Fsp3) is 0.143. The summed E-state index contributed by atoms with van der Waals surface area (Å²) in [4.78, 5) is 0.841. The van der Waals surface area contributed by atoms with Crippen LogP contribution in [0.5, 0.6) is 5.75 Å². The number of halogens is 2. The lowest BCUT2D eigenvalue weighted by molar-refractivity contribution is 0.401. The zero-order chi connectivity index (χ0) is 13.0. The van der Waals surface area contributed by atoms with E-state index in [1.165, 1.54) is 18.7 Å². The smallest absolute Gasteiger partial charge is 0.145 e. The summed E-state index contributed by atoms with van der Waals surface area (Å²) in [6, 6.07) is 13.0. The van der Waals surface area contributed by atoms with Gasteiger partial charge >= 0.3 is 0 Å². The molecule has 0 aliphatic carbocycles. The van der Waals surface area contributed by atoms with Gasteiger partial charge in [0.15, 0.2) is 0 Å². The van der Waals surface area contributed by atoms with E-state index in [1.807, 2.05) is 30.3 Å². The Hall–Kier alpha value is -1.19. The molecule has 2 aromatic rings. The standard InChI is InChI=1S/C14H12ClFOS/c1-17-13-8-12(16)11(15)7-14(13)18-9-10-5-3-2-4-6-10/h2-8H,9H2,1H3. The lowest BCUT2D eigenvalue weighted by Gasteiger charge is -2.09. The first-order chi connectivity index (χ1) is 8.70. The summed E-state index contributed by atoms with van der Waals surface area (Å²) in [5, 5.41) is 0.117. The highest BCUT2D eigenvalue weighted by molar-refractivity contribution is 7.98. The monoisotopic (exact) mass is 282 g/mol. The maximum absolute atomic E-state index is 13.3. The van der Waals surface area contributed by atoms with Gasteiger partial charge in [-0.1, -0.05) is 41.9 Å². The average Bonchev–Trinajstić information content (AvgIpc) is 2.41. The van der Waals surface area contributed by atoms with Crippen LogP contribution in [0.4, 0.5) is 4.39 Å². The minimum absolute atomic E-state index is 0.117. The van der Waals surface area contributed by atoms with Gasteiger partial charge in [0, 0.05) is 11.8 Å². The van der Waals surface area contributed by atoms with Crippen LogP contribution in [0.15, 0.2) is 47.4 Å². The van der Waals surface area contributed by atoms with E-state index in [1.54, 1.807) is 17.8 Å². The summed E-state index contributed by atoms with van der Waals surface area (Å²) in [6.45, 7) is 0. The zero-order valence-electron chi connectivity index (χ0n) is 9.82. The van der Waals surface area contributed by atoms with Crippen molar-refractivity contribution in [3.05, 3.63) is 58.9 Å². The molecule has 2 rings (SSSR count). The fourth-order valence-electron chi connectivity index (χ4n) is 1.52. The van der Waals surface area contributed by atoms with Crippen molar-refractivity contribution >= 4 is 23.4 Å². The zero-order valence-corrected chi connectivity index (χ0v) is 11.4. The van der Waals surface area contributed by atoms with E-state index in [9.17, 15) is 4.39 Å². The highest BCUT2D eigenvalue weighted by Gasteiger charge is 2.09. The molecule has 1 nitrogen and oxygen atoms in total. The topological polar surface area (TPSA) is 9.23 Å². The number of benzene rings is 2. The molecular weight excluding hydrogens is 271 g/mol. The SMILES string of the molecule is COc1cc(F)c(Cl)cc1SCc1ccccc1. The van der Waals surface area contributed by atoms with Crippen LogP contribution in [0, 0.1) is 5.82 Å². The molecule has 0 spiro atoms. The molecular formula is C14H12ClFOS. The second-order valence-electron chi connectivity index (χ2n) is 3.69. The molecule has 0 unspecified atom stereocenters. The maximum atomic E-state index is 13.3. The Morgan fingerprint density at radius 2 is 1.94 bits per heavy atom. The quantitative estimate of drug-likeness (QED) is 0.746. The van der Waals surface area contributed by atoms with Gasteiger partial charge in [-0.2, -0.15) is 0 Å². The van der Waals surface area contributed by atoms with Gasteiger partial charge < -0.3 is 4.74 Å². The van der Waals surface area contributed by atoms with Crippen molar-refractivity contribution in [1.82, 2.24) is 0 Å². The van der Waals surface area contributed by atoms with Gasteiger partial charge in [0.05, 0.1) is 17.0 Å². The van der Waals surface area contributed by atoms with E-state index in [-0.39, 0.29) is 5.02 Å². The van der Waals surface area contributed by atoms with Crippen LogP contribution in [0.25, 0.3) is 0 Å². The van der Waals surface area contributed by atoms with Crippen LogP contribution in [-0.2, 0) is 5.75 Å². The largest absolute Gasteiger partial charge is 0.495 e. The molecule has 0 radical (unpaired) electrons. The molecule has 0 saturated heterocycles. The van der Waals surface area contributed by atoms with Gasteiger partial charge in [0.1, 0.15) is 11.6 Å². The first-order valence-electron chi connectivity index (χ1n) is 5.40. The maximum Gasteiger partial charge on any atom is 0.145 e. The molecule has 0 fully saturated rings. The summed E-state index contributed by atoms with van der Waals surface area (Å²) in [6.07, 6.45) is 0. The summed E-state index contributed by atoms with van der Waals surface area (Å²) in [5.74, 6) is 0.842. The van der Waals surface area contributed by atoms with Gasteiger partial charge in [-0.05, 0) is 11.6 Å². The Kier molecular flexibility index (Phi) is 4.50. The molecule has 2 aromatic carbocycles. The Balaban J connectivity index is 2.16. The van der Waals surface area contributed by atoms with Crippen molar-refractivity contribution in [1.29, 1.82) is 0 Å². The van der Waals surface area contributed by atoms with Crippen LogP contribution in [0.2, 0.25) is 5.02 Å². The van der Waals surface area contributed by atoms with E-state index >= 15 is 0 Å². The number of thioether (sulfide) groups is 1. The third-order valence-corrected chi connectivity index (χ3v) is 3.84. The lowest BCUT2D eigenvalue weighted by Crippen LogP contribution is -1.89. The third-order valence-electron chi connectivity index (χ3n) is 2.44. The van der Waals surface area contributed by atoms with Crippen LogP contribution >= 0.6 is 23.4 Å². The highest BCUT2D eigenvalue weighted by atomic mass is 35.5. The van der Waals surface area contributed by atoms with Crippen molar-refractivity contribution in [2.45, 2.75) is 10.6 Å². The Bertz CT molecular complexity index is 531. The van der Waals surface area contributed by atoms with E-state index in [0.29, 0.717) is 5.75 Å². The first kappa shape index (κ1) is 13.2. The number of hydrogen-bond acceptors (Lipinski definition) is 2. The minimum Gasteiger partial charge on any atom is -0.495 e. The molecule has 0 bridgehead atoms. The predicted molar refractivity (Wildman–Crippen MR) is 74.0 cm³/mol. The fourth-order valence-corrected chi connectivity index (χ4v) is 2.75. The number of ether oxygens (including phenoxy) is 1. The van der Waals surface area contributed by atoms with Gasteiger partial charge in [-0.25, -0.2) is 4.39 Å². The van der Waals surface area contributed by atoms with Gasteiger partial charge in [0.25, 0.3) is 0 Å². The van der Waals surface area contributed by atoms with E-state index < -0.39 is 5.82 Å². The summed E-state index contributed by atoms with van der Waals surface area (Å²) < 4.78 is 18.4.